The molecule has 7 nitrogen and oxygen atoms in total. The Bertz CT molecular complexity index is 1080. The Labute approximate surface area is 154 Å². The van der Waals surface area contributed by atoms with Crippen LogP contribution in [-0.2, 0) is 0 Å². The summed E-state index contributed by atoms with van der Waals surface area (Å²) in [6.07, 6.45) is 5.18. The van der Waals surface area contributed by atoms with E-state index in [4.69, 9.17) is 11.6 Å². The molecular weight excluding hydrogens is 352 g/mol. The van der Waals surface area contributed by atoms with Gasteiger partial charge in [-0.05, 0) is 44.2 Å². The number of carbonyl (C=O) groups is 1. The number of hydrogen-bond donors (Lipinski definition) is 1. The van der Waals surface area contributed by atoms with E-state index < -0.39 is 0 Å². The quantitative estimate of drug-likeness (QED) is 0.602. The molecule has 130 valence electrons. The molecule has 4 rings (SSSR count). The number of aromatic nitrogens is 5. The molecule has 0 saturated carbocycles. The summed E-state index contributed by atoms with van der Waals surface area (Å²) in [6.45, 7) is 3.76. The van der Waals surface area contributed by atoms with Gasteiger partial charge in [-0.25, -0.2) is 9.67 Å². The fourth-order valence-corrected chi connectivity index (χ4v) is 2.83. The van der Waals surface area contributed by atoms with Gasteiger partial charge in [-0.3, -0.25) is 9.20 Å². The molecule has 26 heavy (non-hydrogen) atoms. The van der Waals surface area contributed by atoms with Crippen molar-refractivity contribution in [2.45, 2.75) is 13.8 Å². The van der Waals surface area contributed by atoms with E-state index in [1.54, 1.807) is 39.7 Å². The van der Waals surface area contributed by atoms with Crippen LogP contribution in [0.3, 0.4) is 0 Å². The summed E-state index contributed by atoms with van der Waals surface area (Å²) in [6, 6.07) is 8.93. The van der Waals surface area contributed by atoms with Crippen molar-refractivity contribution in [2.24, 2.45) is 0 Å². The zero-order chi connectivity index (χ0) is 18.3. The predicted molar refractivity (Wildman–Crippen MR) is 99.0 cm³/mol. The van der Waals surface area contributed by atoms with Crippen LogP contribution in [0, 0.1) is 13.8 Å². The van der Waals surface area contributed by atoms with Crippen molar-refractivity contribution in [1.82, 2.24) is 24.1 Å². The number of aryl methyl sites for hydroxylation is 1. The Morgan fingerprint density at radius 2 is 1.96 bits per heavy atom. The molecule has 0 atom stereocenters. The largest absolute Gasteiger partial charge is 0.305 e. The fourth-order valence-electron chi connectivity index (χ4n) is 2.71. The third kappa shape index (κ3) is 2.82. The molecule has 3 heterocycles. The van der Waals surface area contributed by atoms with Gasteiger partial charge in [0.15, 0.2) is 5.82 Å². The van der Waals surface area contributed by atoms with Gasteiger partial charge in [0.05, 0.1) is 28.3 Å². The van der Waals surface area contributed by atoms with E-state index in [0.29, 0.717) is 22.2 Å². The lowest BCUT2D eigenvalue weighted by molar-refractivity contribution is 0.102. The molecule has 0 aliphatic heterocycles. The second-order valence-electron chi connectivity index (χ2n) is 5.85. The summed E-state index contributed by atoms with van der Waals surface area (Å²) in [5.41, 5.74) is 2.99. The lowest BCUT2D eigenvalue weighted by atomic mass is 10.2. The second kappa shape index (κ2) is 6.27. The summed E-state index contributed by atoms with van der Waals surface area (Å²) in [5.74, 6) is 0.731. The van der Waals surface area contributed by atoms with E-state index in [9.17, 15) is 4.79 Å². The first-order valence-electron chi connectivity index (χ1n) is 7.96. The van der Waals surface area contributed by atoms with E-state index in [2.05, 4.69) is 20.4 Å². The van der Waals surface area contributed by atoms with Gasteiger partial charge in [-0.1, -0.05) is 11.6 Å². The zero-order valence-electron chi connectivity index (χ0n) is 14.1. The van der Waals surface area contributed by atoms with Crippen LogP contribution in [0.1, 0.15) is 21.7 Å². The zero-order valence-corrected chi connectivity index (χ0v) is 14.9. The van der Waals surface area contributed by atoms with Crippen LogP contribution < -0.4 is 5.32 Å². The van der Waals surface area contributed by atoms with Crippen molar-refractivity contribution in [3.8, 4) is 5.69 Å². The normalized spacial score (nSPS) is 11.0. The van der Waals surface area contributed by atoms with Gasteiger partial charge in [0.1, 0.15) is 0 Å². The molecule has 8 heteroatoms. The van der Waals surface area contributed by atoms with Gasteiger partial charge in [-0.15, -0.1) is 0 Å². The molecule has 0 radical (unpaired) electrons. The number of imidazole rings is 1. The van der Waals surface area contributed by atoms with Crippen LogP contribution in [0.4, 0.5) is 5.82 Å². The van der Waals surface area contributed by atoms with Crippen molar-refractivity contribution in [3.05, 3.63) is 70.9 Å². The Morgan fingerprint density at radius 3 is 2.62 bits per heavy atom. The highest BCUT2D eigenvalue weighted by Crippen LogP contribution is 2.22. The van der Waals surface area contributed by atoms with Crippen molar-refractivity contribution in [3.63, 3.8) is 0 Å². The third-order valence-electron chi connectivity index (χ3n) is 4.05. The molecule has 0 spiro atoms. The highest BCUT2D eigenvalue weighted by atomic mass is 35.5. The summed E-state index contributed by atoms with van der Waals surface area (Å²) in [5, 5.41) is 7.83. The van der Waals surface area contributed by atoms with Crippen LogP contribution >= 0.6 is 11.6 Å². The molecule has 0 aliphatic carbocycles. The lowest BCUT2D eigenvalue weighted by Gasteiger charge is -2.06. The van der Waals surface area contributed by atoms with Crippen LogP contribution in [0.25, 0.3) is 11.5 Å². The van der Waals surface area contributed by atoms with Crippen molar-refractivity contribution >= 4 is 29.1 Å². The minimum absolute atomic E-state index is 0.244. The summed E-state index contributed by atoms with van der Waals surface area (Å²) in [4.78, 5) is 20.8. The number of halogens is 1. The van der Waals surface area contributed by atoms with Crippen molar-refractivity contribution < 1.29 is 4.79 Å². The summed E-state index contributed by atoms with van der Waals surface area (Å²) < 4.78 is 3.50. The van der Waals surface area contributed by atoms with E-state index in [1.165, 1.54) is 0 Å². The Kier molecular flexibility index (Phi) is 3.93. The molecule has 4 aromatic rings. The minimum atomic E-state index is -0.244. The van der Waals surface area contributed by atoms with Crippen molar-refractivity contribution in [1.29, 1.82) is 0 Å². The van der Waals surface area contributed by atoms with Gasteiger partial charge >= 0.3 is 0 Å². The van der Waals surface area contributed by atoms with Gasteiger partial charge < -0.3 is 5.32 Å². The maximum Gasteiger partial charge on any atom is 0.256 e. The maximum atomic E-state index is 12.4. The van der Waals surface area contributed by atoms with Gasteiger partial charge in [0.2, 0.25) is 5.78 Å². The first-order chi connectivity index (χ1) is 12.5. The van der Waals surface area contributed by atoms with Crippen LogP contribution in [0.2, 0.25) is 5.02 Å². The monoisotopic (exact) mass is 366 g/mol. The molecule has 0 saturated heterocycles. The van der Waals surface area contributed by atoms with Gasteiger partial charge in [0, 0.05) is 18.0 Å². The van der Waals surface area contributed by atoms with Crippen LogP contribution in [-0.4, -0.2) is 30.1 Å². The average Bonchev–Trinajstić information content (AvgIpc) is 3.17. The Balaban J connectivity index is 1.56. The van der Waals surface area contributed by atoms with Crippen LogP contribution in [0.15, 0.2) is 48.9 Å². The number of benzene rings is 1. The van der Waals surface area contributed by atoms with E-state index in [1.807, 2.05) is 32.2 Å². The second-order valence-corrected chi connectivity index (χ2v) is 6.23. The topological polar surface area (TPSA) is 77.1 Å². The Morgan fingerprint density at radius 1 is 1.19 bits per heavy atom. The molecule has 0 bridgehead atoms. The minimum Gasteiger partial charge on any atom is -0.305 e. The molecule has 1 amide bonds. The lowest BCUT2D eigenvalue weighted by Crippen LogP contribution is -2.12. The predicted octanol–water partition coefficient (Wildman–Crippen LogP) is 3.44. The molecule has 0 fully saturated rings. The fraction of sp³-hybridized carbons (Fsp3) is 0.111. The highest BCUT2D eigenvalue weighted by molar-refractivity contribution is 6.31. The number of fused-ring (bicyclic) bond motifs is 1. The number of rotatable bonds is 3. The summed E-state index contributed by atoms with van der Waals surface area (Å²) >= 11 is 6.19. The molecule has 0 unspecified atom stereocenters. The van der Waals surface area contributed by atoms with Gasteiger partial charge in [-0.2, -0.15) is 10.1 Å². The number of hydrogen-bond acceptors (Lipinski definition) is 4. The van der Waals surface area contributed by atoms with Crippen LogP contribution in [0.5, 0.6) is 0 Å². The number of anilines is 1. The smallest absolute Gasteiger partial charge is 0.256 e. The van der Waals surface area contributed by atoms with E-state index >= 15 is 0 Å². The Hall–Kier alpha value is -3.19. The standard InChI is InChI=1S/C18H15ClN6O/c1-11-16(19)12(2)25(23-11)14-6-4-13(5-7-14)17(26)21-15-10-24-9-3-8-20-18(24)22-15/h3-10H,1-2H3,(H,21,26). The van der Waals surface area contributed by atoms with Gasteiger partial charge in [0.25, 0.3) is 5.91 Å². The first-order valence-corrected chi connectivity index (χ1v) is 8.34. The number of nitrogens with one attached hydrogen (secondary N) is 1. The van der Waals surface area contributed by atoms with E-state index in [0.717, 1.165) is 17.1 Å². The highest BCUT2D eigenvalue weighted by Gasteiger charge is 2.12. The molecule has 1 aromatic carbocycles. The SMILES string of the molecule is Cc1nn(-c2ccc(C(=O)Nc3cn4cccnc4n3)cc2)c(C)c1Cl. The first kappa shape index (κ1) is 16.3. The van der Waals surface area contributed by atoms with Crippen molar-refractivity contribution in [2.75, 3.05) is 5.32 Å². The number of carbonyl (C=O) groups excluding carboxylic acids is 1. The average molecular weight is 367 g/mol. The molecule has 0 aliphatic rings. The summed E-state index contributed by atoms with van der Waals surface area (Å²) in [7, 11) is 0. The molecule has 1 N–H and O–H groups in total. The number of amides is 1. The van der Waals surface area contributed by atoms with E-state index in [-0.39, 0.29) is 5.91 Å². The maximum absolute atomic E-state index is 12.4. The number of nitrogens with zero attached hydrogens (tertiary/aromatic N) is 5. The third-order valence-corrected chi connectivity index (χ3v) is 4.60. The molecular formula is C18H15ClN6O. The molecule has 3 aromatic heterocycles.